The van der Waals surface area contributed by atoms with Gasteiger partial charge in [0.15, 0.2) is 5.96 Å². The molecule has 1 atom stereocenters. The monoisotopic (exact) mass is 402 g/mol. The van der Waals surface area contributed by atoms with Crippen molar-refractivity contribution in [2.45, 2.75) is 26.1 Å². The van der Waals surface area contributed by atoms with Crippen molar-refractivity contribution >= 4 is 5.96 Å². The Balaban J connectivity index is 1.59. The van der Waals surface area contributed by atoms with Crippen molar-refractivity contribution in [2.24, 2.45) is 4.99 Å². The highest BCUT2D eigenvalue weighted by Crippen LogP contribution is 2.14. The smallest absolute Gasteiger partial charge is 0.191 e. The molecular formula is C22H38N6O. The van der Waals surface area contributed by atoms with Gasteiger partial charge in [-0.15, -0.1) is 0 Å². The number of aliphatic imine (C=N–C) groups is 1. The summed E-state index contributed by atoms with van der Waals surface area (Å²) in [7, 11) is 4.41. The van der Waals surface area contributed by atoms with Gasteiger partial charge in [-0.25, -0.2) is 4.99 Å². The first-order chi connectivity index (χ1) is 14.2. The van der Waals surface area contributed by atoms with E-state index in [1.165, 1.54) is 11.1 Å². The molecule has 2 heterocycles. The molecule has 2 aliphatic heterocycles. The van der Waals surface area contributed by atoms with Crippen molar-refractivity contribution in [1.29, 1.82) is 0 Å². The third-order valence-corrected chi connectivity index (χ3v) is 5.85. The lowest BCUT2D eigenvalue weighted by Crippen LogP contribution is -2.55. The van der Waals surface area contributed by atoms with Gasteiger partial charge in [-0.2, -0.15) is 0 Å². The normalized spacial score (nSPS) is 22.6. The van der Waals surface area contributed by atoms with Crippen LogP contribution in [0.4, 0.5) is 0 Å². The van der Waals surface area contributed by atoms with Gasteiger partial charge >= 0.3 is 0 Å². The van der Waals surface area contributed by atoms with E-state index in [4.69, 9.17) is 9.73 Å². The number of hydrogen-bond acceptors (Lipinski definition) is 5. The van der Waals surface area contributed by atoms with E-state index in [0.29, 0.717) is 12.6 Å². The fraction of sp³-hybridized carbons (Fsp3) is 0.682. The highest BCUT2D eigenvalue weighted by atomic mass is 16.5. The number of hydrogen-bond donors (Lipinski definition) is 2. The quantitative estimate of drug-likeness (QED) is 0.520. The molecule has 0 aromatic heterocycles. The average molecular weight is 403 g/mol. The van der Waals surface area contributed by atoms with Crippen LogP contribution in [0.2, 0.25) is 0 Å². The van der Waals surface area contributed by atoms with Crippen LogP contribution in [-0.2, 0) is 17.8 Å². The zero-order chi connectivity index (χ0) is 20.5. The molecule has 0 spiro atoms. The van der Waals surface area contributed by atoms with Gasteiger partial charge in [0, 0.05) is 58.4 Å². The minimum absolute atomic E-state index is 0.506. The number of nitrogens with one attached hydrogen (secondary N) is 2. The second kappa shape index (κ2) is 11.5. The van der Waals surface area contributed by atoms with Crippen molar-refractivity contribution < 1.29 is 4.74 Å². The van der Waals surface area contributed by atoms with Crippen molar-refractivity contribution in [3.05, 3.63) is 35.4 Å². The van der Waals surface area contributed by atoms with Crippen LogP contribution in [-0.4, -0.2) is 99.8 Å². The average Bonchev–Trinajstić information content (AvgIpc) is 2.74. The van der Waals surface area contributed by atoms with Gasteiger partial charge in [-0.1, -0.05) is 24.3 Å². The van der Waals surface area contributed by atoms with Crippen LogP contribution < -0.4 is 10.6 Å². The molecule has 0 saturated carbocycles. The molecule has 7 nitrogen and oxygen atoms in total. The molecule has 0 bridgehead atoms. The molecule has 2 fully saturated rings. The van der Waals surface area contributed by atoms with Crippen LogP contribution >= 0.6 is 0 Å². The molecule has 7 heteroatoms. The Morgan fingerprint density at radius 1 is 1.07 bits per heavy atom. The van der Waals surface area contributed by atoms with Crippen molar-refractivity contribution in [3.8, 4) is 0 Å². The van der Waals surface area contributed by atoms with E-state index in [1.807, 2.05) is 0 Å². The molecule has 2 aliphatic rings. The topological polar surface area (TPSA) is 55.4 Å². The Labute approximate surface area is 176 Å². The molecule has 1 aromatic carbocycles. The fourth-order valence-electron chi connectivity index (χ4n) is 3.91. The standard InChI is InChI=1S/C22H38N6O/c1-4-23-22(25-16-21-18-26(2)9-10-27(21)3)24-15-19-7-5-6-8-20(19)17-28-11-13-29-14-12-28/h5-8,21H,4,9-18H2,1-3H3,(H2,23,24,25). The molecular weight excluding hydrogens is 364 g/mol. The summed E-state index contributed by atoms with van der Waals surface area (Å²) in [4.78, 5) is 12.2. The first-order valence-electron chi connectivity index (χ1n) is 10.9. The highest BCUT2D eigenvalue weighted by molar-refractivity contribution is 5.79. The molecule has 0 radical (unpaired) electrons. The highest BCUT2D eigenvalue weighted by Gasteiger charge is 2.22. The van der Waals surface area contributed by atoms with Crippen LogP contribution in [0.5, 0.6) is 0 Å². The zero-order valence-corrected chi connectivity index (χ0v) is 18.4. The van der Waals surface area contributed by atoms with E-state index in [2.05, 4.69) is 70.6 Å². The van der Waals surface area contributed by atoms with Gasteiger partial charge in [-0.05, 0) is 32.1 Å². The molecule has 0 amide bonds. The van der Waals surface area contributed by atoms with Gasteiger partial charge < -0.3 is 20.3 Å². The van der Waals surface area contributed by atoms with Crippen molar-refractivity contribution in [1.82, 2.24) is 25.3 Å². The molecule has 29 heavy (non-hydrogen) atoms. The van der Waals surface area contributed by atoms with Gasteiger partial charge in [0.1, 0.15) is 0 Å². The summed E-state index contributed by atoms with van der Waals surface area (Å²) in [6.45, 7) is 12.6. The van der Waals surface area contributed by atoms with Crippen LogP contribution in [0, 0.1) is 0 Å². The van der Waals surface area contributed by atoms with Crippen LogP contribution in [0.1, 0.15) is 18.1 Å². The minimum atomic E-state index is 0.506. The van der Waals surface area contributed by atoms with Crippen molar-refractivity contribution in [3.63, 3.8) is 0 Å². The van der Waals surface area contributed by atoms with E-state index in [0.717, 1.165) is 71.5 Å². The lowest BCUT2D eigenvalue weighted by Gasteiger charge is -2.37. The number of morpholine rings is 1. The number of rotatable bonds is 7. The van der Waals surface area contributed by atoms with E-state index < -0.39 is 0 Å². The number of likely N-dealkylation sites (N-methyl/N-ethyl adjacent to an activating group) is 2. The molecule has 1 unspecified atom stereocenters. The van der Waals surface area contributed by atoms with Crippen molar-refractivity contribution in [2.75, 3.05) is 73.1 Å². The molecule has 3 rings (SSSR count). The Hall–Kier alpha value is -1.67. The first-order valence-corrected chi connectivity index (χ1v) is 10.9. The molecule has 2 N–H and O–H groups in total. The third kappa shape index (κ3) is 6.96. The van der Waals surface area contributed by atoms with Gasteiger partial charge in [0.05, 0.1) is 19.8 Å². The summed E-state index contributed by atoms with van der Waals surface area (Å²) in [5.74, 6) is 0.898. The van der Waals surface area contributed by atoms with E-state index in [1.54, 1.807) is 0 Å². The summed E-state index contributed by atoms with van der Waals surface area (Å²) in [5.41, 5.74) is 2.66. The Morgan fingerprint density at radius 3 is 2.59 bits per heavy atom. The molecule has 1 aromatic rings. The van der Waals surface area contributed by atoms with E-state index in [-0.39, 0.29) is 0 Å². The number of nitrogens with zero attached hydrogens (tertiary/aromatic N) is 4. The second-order valence-corrected chi connectivity index (χ2v) is 8.13. The molecule has 162 valence electrons. The number of piperazine rings is 1. The predicted molar refractivity (Wildman–Crippen MR) is 119 cm³/mol. The Bertz CT molecular complexity index is 646. The number of ether oxygens (including phenoxy) is 1. The third-order valence-electron chi connectivity index (χ3n) is 5.85. The SMILES string of the molecule is CCNC(=NCc1ccccc1CN1CCOCC1)NCC1CN(C)CCN1C. The summed E-state index contributed by atoms with van der Waals surface area (Å²) >= 11 is 0. The maximum Gasteiger partial charge on any atom is 0.191 e. The molecule has 2 saturated heterocycles. The zero-order valence-electron chi connectivity index (χ0n) is 18.4. The number of guanidine groups is 1. The summed E-state index contributed by atoms with van der Waals surface area (Å²) in [6, 6.07) is 9.18. The van der Waals surface area contributed by atoms with Crippen LogP contribution in [0.15, 0.2) is 29.3 Å². The lowest BCUT2D eigenvalue weighted by atomic mass is 10.1. The second-order valence-electron chi connectivity index (χ2n) is 8.13. The molecule has 0 aliphatic carbocycles. The largest absolute Gasteiger partial charge is 0.379 e. The lowest BCUT2D eigenvalue weighted by molar-refractivity contribution is 0.0341. The predicted octanol–water partition coefficient (Wildman–Crippen LogP) is 0.820. The first kappa shape index (κ1) is 22.0. The minimum Gasteiger partial charge on any atom is -0.379 e. The van der Waals surface area contributed by atoms with Gasteiger partial charge in [0.25, 0.3) is 0 Å². The summed E-state index contributed by atoms with van der Waals surface area (Å²) in [5, 5.41) is 6.96. The Kier molecular flexibility index (Phi) is 8.73. The fourth-order valence-corrected chi connectivity index (χ4v) is 3.91. The summed E-state index contributed by atoms with van der Waals surface area (Å²) < 4.78 is 5.48. The van der Waals surface area contributed by atoms with Gasteiger partial charge in [0.2, 0.25) is 0 Å². The number of benzene rings is 1. The Morgan fingerprint density at radius 2 is 1.83 bits per heavy atom. The van der Waals surface area contributed by atoms with Crippen LogP contribution in [0.25, 0.3) is 0 Å². The summed E-state index contributed by atoms with van der Waals surface area (Å²) in [6.07, 6.45) is 0. The van der Waals surface area contributed by atoms with E-state index >= 15 is 0 Å². The maximum absolute atomic E-state index is 5.48. The van der Waals surface area contributed by atoms with Gasteiger partial charge in [-0.3, -0.25) is 9.80 Å². The van der Waals surface area contributed by atoms with E-state index in [9.17, 15) is 0 Å². The van der Waals surface area contributed by atoms with Crippen LogP contribution in [0.3, 0.4) is 0 Å². The maximum atomic E-state index is 5.48.